The van der Waals surface area contributed by atoms with Gasteiger partial charge in [-0.2, -0.15) is 0 Å². The van der Waals surface area contributed by atoms with Gasteiger partial charge in [0, 0.05) is 23.0 Å². The molecule has 0 spiro atoms. The zero-order chi connectivity index (χ0) is 12.1. The number of nitrogens with two attached hydrogens (primary N) is 1. The number of hydrogen-bond donors (Lipinski definition) is 2. The highest BCUT2D eigenvalue weighted by molar-refractivity contribution is 9.10. The quantitative estimate of drug-likeness (QED) is 0.841. The van der Waals surface area contributed by atoms with Crippen LogP contribution < -0.4 is 11.1 Å². The van der Waals surface area contributed by atoms with Gasteiger partial charge in [-0.25, -0.2) is 0 Å². The van der Waals surface area contributed by atoms with Crippen LogP contribution in [-0.4, -0.2) is 10.9 Å². The average molecular weight is 301 g/mol. The molecule has 0 saturated carbocycles. The second kappa shape index (κ2) is 5.96. The Bertz CT molecular complexity index is 420. The van der Waals surface area contributed by atoms with E-state index in [9.17, 15) is 4.79 Å². The molecule has 0 aliphatic heterocycles. The molecule has 0 unspecified atom stereocenters. The zero-order valence-electron chi connectivity index (χ0n) is 8.92. The van der Waals surface area contributed by atoms with Gasteiger partial charge in [-0.3, -0.25) is 4.79 Å². The van der Waals surface area contributed by atoms with Gasteiger partial charge in [0.15, 0.2) is 0 Å². The highest BCUT2D eigenvalue weighted by atomic mass is 79.9. The zero-order valence-corrected chi connectivity index (χ0v) is 11.3. The van der Waals surface area contributed by atoms with E-state index in [-0.39, 0.29) is 5.91 Å². The molecule has 0 fully saturated rings. The van der Waals surface area contributed by atoms with Gasteiger partial charge in [-0.05, 0) is 30.7 Å². The molecule has 0 radical (unpaired) electrons. The summed E-state index contributed by atoms with van der Waals surface area (Å²) in [6.45, 7) is 1.97. The first-order valence-electron chi connectivity index (χ1n) is 4.83. The van der Waals surface area contributed by atoms with Gasteiger partial charge in [0.25, 0.3) is 0 Å². The normalized spacial score (nSPS) is 9.88. The summed E-state index contributed by atoms with van der Waals surface area (Å²) >= 11 is 8.11. The van der Waals surface area contributed by atoms with Crippen LogP contribution in [-0.2, 0) is 4.79 Å². The van der Waals surface area contributed by atoms with Gasteiger partial charge in [0.2, 0.25) is 5.91 Å². The van der Waals surface area contributed by atoms with Crippen LogP contribution in [0.1, 0.15) is 18.4 Å². The van der Waals surface area contributed by atoms with Crippen LogP contribution in [0.3, 0.4) is 0 Å². The van der Waals surface area contributed by atoms with Crippen molar-refractivity contribution in [2.24, 2.45) is 5.73 Å². The van der Waals surface area contributed by atoms with E-state index >= 15 is 0 Å². The fourth-order valence-corrected chi connectivity index (χ4v) is 1.53. The van der Waals surface area contributed by atoms with Crippen LogP contribution in [0.4, 0.5) is 5.69 Å². The number of halogens is 1. The summed E-state index contributed by atoms with van der Waals surface area (Å²) in [4.78, 5) is 11.8. The van der Waals surface area contributed by atoms with Crippen molar-refractivity contribution in [3.05, 3.63) is 28.2 Å². The van der Waals surface area contributed by atoms with E-state index < -0.39 is 0 Å². The molecule has 86 valence electrons. The smallest absolute Gasteiger partial charge is 0.224 e. The topological polar surface area (TPSA) is 55.1 Å². The SMILES string of the molecule is Cc1cc(NC(=O)CCC(N)=S)ccc1Br. The summed E-state index contributed by atoms with van der Waals surface area (Å²) < 4.78 is 1.02. The molecule has 1 amide bonds. The van der Waals surface area contributed by atoms with Gasteiger partial charge < -0.3 is 11.1 Å². The maximum absolute atomic E-state index is 11.5. The van der Waals surface area contributed by atoms with E-state index in [2.05, 4.69) is 21.2 Å². The summed E-state index contributed by atoms with van der Waals surface area (Å²) in [6.07, 6.45) is 0.765. The van der Waals surface area contributed by atoms with Crippen molar-refractivity contribution in [1.29, 1.82) is 0 Å². The predicted molar refractivity (Wildman–Crippen MR) is 73.5 cm³/mol. The van der Waals surface area contributed by atoms with Crippen molar-refractivity contribution >= 4 is 44.7 Å². The summed E-state index contributed by atoms with van der Waals surface area (Å²) in [5.74, 6) is -0.0745. The number of carbonyl (C=O) groups excluding carboxylic acids is 1. The fraction of sp³-hybridized carbons (Fsp3) is 0.273. The molecule has 0 aliphatic carbocycles. The van der Waals surface area contributed by atoms with Crippen molar-refractivity contribution in [1.82, 2.24) is 0 Å². The minimum Gasteiger partial charge on any atom is -0.393 e. The third-order valence-electron chi connectivity index (χ3n) is 2.04. The molecule has 0 aliphatic rings. The standard InChI is InChI=1S/C11H13BrN2OS/c1-7-6-8(2-3-9(7)12)14-11(15)5-4-10(13)16/h2-3,6H,4-5H2,1H3,(H2,13,16)(H,14,15). The molecule has 1 rings (SSSR count). The maximum Gasteiger partial charge on any atom is 0.224 e. The van der Waals surface area contributed by atoms with Crippen molar-refractivity contribution in [2.75, 3.05) is 5.32 Å². The largest absolute Gasteiger partial charge is 0.393 e. The van der Waals surface area contributed by atoms with Crippen LogP contribution in [0.2, 0.25) is 0 Å². The molecule has 1 aromatic rings. The Balaban J connectivity index is 2.56. The van der Waals surface area contributed by atoms with Crippen molar-refractivity contribution in [3.8, 4) is 0 Å². The number of amides is 1. The lowest BCUT2D eigenvalue weighted by Gasteiger charge is -2.06. The number of benzene rings is 1. The monoisotopic (exact) mass is 300 g/mol. The Labute approximate surface area is 109 Å². The average Bonchev–Trinajstić information content (AvgIpc) is 2.21. The molecule has 3 N–H and O–H groups in total. The molecular weight excluding hydrogens is 288 g/mol. The molecule has 0 bridgehead atoms. The van der Waals surface area contributed by atoms with Gasteiger partial charge in [0.05, 0.1) is 4.99 Å². The number of aryl methyl sites for hydroxylation is 1. The lowest BCUT2D eigenvalue weighted by Crippen LogP contribution is -2.16. The Kier molecular flexibility index (Phi) is 4.89. The van der Waals surface area contributed by atoms with Crippen LogP contribution in [0.15, 0.2) is 22.7 Å². The number of thiocarbonyl (C=S) groups is 1. The van der Waals surface area contributed by atoms with E-state index in [1.165, 1.54) is 0 Å². The van der Waals surface area contributed by atoms with E-state index in [1.54, 1.807) is 0 Å². The molecule has 1 aromatic carbocycles. The molecule has 0 heterocycles. The van der Waals surface area contributed by atoms with Crippen LogP contribution in [0, 0.1) is 6.92 Å². The second-order valence-electron chi connectivity index (χ2n) is 3.48. The number of rotatable bonds is 4. The van der Waals surface area contributed by atoms with E-state index in [1.807, 2.05) is 25.1 Å². The second-order valence-corrected chi connectivity index (χ2v) is 4.86. The first-order valence-corrected chi connectivity index (χ1v) is 6.03. The first kappa shape index (κ1) is 13.1. The summed E-state index contributed by atoms with van der Waals surface area (Å²) in [6, 6.07) is 5.65. The third kappa shape index (κ3) is 4.28. The molecule has 16 heavy (non-hydrogen) atoms. The third-order valence-corrected chi connectivity index (χ3v) is 3.13. The molecular formula is C11H13BrN2OS. The molecule has 0 aromatic heterocycles. The van der Waals surface area contributed by atoms with Crippen LogP contribution in [0.5, 0.6) is 0 Å². The Morgan fingerprint density at radius 1 is 1.50 bits per heavy atom. The predicted octanol–water partition coefficient (Wildman–Crippen LogP) is 2.76. The lowest BCUT2D eigenvalue weighted by molar-refractivity contribution is -0.116. The van der Waals surface area contributed by atoms with Crippen molar-refractivity contribution in [2.45, 2.75) is 19.8 Å². The number of anilines is 1. The van der Waals surface area contributed by atoms with Crippen LogP contribution in [0.25, 0.3) is 0 Å². The molecule has 0 atom stereocenters. The number of hydrogen-bond acceptors (Lipinski definition) is 2. The summed E-state index contributed by atoms with van der Waals surface area (Å²) in [7, 11) is 0. The first-order chi connectivity index (χ1) is 7.49. The minimum atomic E-state index is -0.0745. The van der Waals surface area contributed by atoms with Gasteiger partial charge >= 0.3 is 0 Å². The van der Waals surface area contributed by atoms with Gasteiger partial charge in [-0.1, -0.05) is 28.1 Å². The van der Waals surface area contributed by atoms with E-state index in [0.29, 0.717) is 17.8 Å². The lowest BCUT2D eigenvalue weighted by atomic mass is 10.2. The Morgan fingerprint density at radius 2 is 2.19 bits per heavy atom. The minimum absolute atomic E-state index is 0.0745. The number of nitrogens with one attached hydrogen (secondary N) is 1. The Morgan fingerprint density at radius 3 is 2.75 bits per heavy atom. The highest BCUT2D eigenvalue weighted by Crippen LogP contribution is 2.20. The van der Waals surface area contributed by atoms with Crippen molar-refractivity contribution < 1.29 is 4.79 Å². The van der Waals surface area contributed by atoms with Crippen LogP contribution >= 0.6 is 28.1 Å². The fourth-order valence-electron chi connectivity index (χ4n) is 1.18. The summed E-state index contributed by atoms with van der Waals surface area (Å²) in [5.41, 5.74) is 7.19. The van der Waals surface area contributed by atoms with Gasteiger partial charge in [-0.15, -0.1) is 0 Å². The highest BCUT2D eigenvalue weighted by Gasteiger charge is 2.04. The maximum atomic E-state index is 11.5. The molecule has 5 heteroatoms. The van der Waals surface area contributed by atoms with E-state index in [0.717, 1.165) is 15.7 Å². The van der Waals surface area contributed by atoms with Gasteiger partial charge in [0.1, 0.15) is 0 Å². The summed E-state index contributed by atoms with van der Waals surface area (Å²) in [5, 5.41) is 2.79. The number of carbonyl (C=O) groups is 1. The molecule has 3 nitrogen and oxygen atoms in total. The van der Waals surface area contributed by atoms with E-state index in [4.69, 9.17) is 18.0 Å². The Hall–Kier alpha value is -0.940. The molecule has 0 saturated heterocycles. The van der Waals surface area contributed by atoms with Crippen molar-refractivity contribution in [3.63, 3.8) is 0 Å².